The summed E-state index contributed by atoms with van der Waals surface area (Å²) in [5.74, 6) is -1.32. The SMILES string of the molecule is Cc1nc2cc(F)c(F)cc2n1CC(=O)N1CCC[C@H]2OCC[C@H]21. The maximum atomic E-state index is 13.6. The van der Waals surface area contributed by atoms with Gasteiger partial charge in [-0.05, 0) is 26.2 Å². The minimum absolute atomic E-state index is 0.0256. The van der Waals surface area contributed by atoms with Crippen LogP contribution in [0.3, 0.4) is 0 Å². The molecule has 1 aromatic carbocycles. The molecule has 4 rings (SSSR count). The maximum Gasteiger partial charge on any atom is 0.242 e. The molecule has 0 unspecified atom stereocenters. The molecule has 2 aliphatic rings. The van der Waals surface area contributed by atoms with Crippen LogP contribution in [0.2, 0.25) is 0 Å². The Bertz CT molecular complexity index is 805. The lowest BCUT2D eigenvalue weighted by atomic mass is 9.98. The van der Waals surface area contributed by atoms with Gasteiger partial charge in [0.2, 0.25) is 5.91 Å². The van der Waals surface area contributed by atoms with Crippen LogP contribution in [-0.4, -0.2) is 45.7 Å². The maximum absolute atomic E-state index is 13.6. The first-order valence-corrected chi connectivity index (χ1v) is 8.27. The van der Waals surface area contributed by atoms with Gasteiger partial charge in [0.1, 0.15) is 12.4 Å². The van der Waals surface area contributed by atoms with Gasteiger partial charge in [-0.2, -0.15) is 0 Å². The van der Waals surface area contributed by atoms with Crippen molar-refractivity contribution in [3.63, 3.8) is 0 Å². The summed E-state index contributed by atoms with van der Waals surface area (Å²) in [7, 11) is 0. The van der Waals surface area contributed by atoms with E-state index >= 15 is 0 Å². The normalized spacial score (nSPS) is 23.7. The fourth-order valence-corrected chi connectivity index (χ4v) is 3.87. The number of imidazole rings is 1. The Balaban J connectivity index is 1.63. The predicted octanol–water partition coefficient (Wildman–Crippen LogP) is 2.40. The van der Waals surface area contributed by atoms with E-state index in [-0.39, 0.29) is 24.6 Å². The van der Waals surface area contributed by atoms with Crippen LogP contribution in [0.4, 0.5) is 8.78 Å². The molecule has 2 aromatic rings. The Morgan fingerprint density at radius 3 is 2.96 bits per heavy atom. The number of carbonyl (C=O) groups is 1. The van der Waals surface area contributed by atoms with Gasteiger partial charge in [-0.25, -0.2) is 13.8 Å². The number of hydrogen-bond acceptors (Lipinski definition) is 3. The monoisotopic (exact) mass is 335 g/mol. The van der Waals surface area contributed by atoms with Gasteiger partial charge in [-0.3, -0.25) is 4.79 Å². The zero-order valence-electron chi connectivity index (χ0n) is 13.5. The first kappa shape index (κ1) is 15.5. The van der Waals surface area contributed by atoms with Crippen LogP contribution in [0.5, 0.6) is 0 Å². The molecule has 0 aliphatic carbocycles. The number of fused-ring (bicyclic) bond motifs is 2. The standard InChI is InChI=1S/C17H19F2N3O2/c1-10-20-13-7-11(18)12(19)8-15(13)22(10)9-17(23)21-5-2-3-16-14(21)4-6-24-16/h7-8,14,16H,2-6,9H2,1H3/t14-,16-/m1/s1. The molecule has 1 aromatic heterocycles. The fourth-order valence-electron chi connectivity index (χ4n) is 3.87. The van der Waals surface area contributed by atoms with E-state index in [4.69, 9.17) is 4.74 Å². The number of rotatable bonds is 2. The Labute approximate surface area is 138 Å². The van der Waals surface area contributed by atoms with Gasteiger partial charge >= 0.3 is 0 Å². The average Bonchev–Trinajstić information content (AvgIpc) is 3.13. The molecule has 128 valence electrons. The van der Waals surface area contributed by atoms with Crippen molar-refractivity contribution in [2.45, 2.75) is 44.9 Å². The Morgan fingerprint density at radius 1 is 1.33 bits per heavy atom. The number of hydrogen-bond donors (Lipinski definition) is 0. The first-order valence-electron chi connectivity index (χ1n) is 8.27. The van der Waals surface area contributed by atoms with E-state index < -0.39 is 11.6 Å². The highest BCUT2D eigenvalue weighted by molar-refractivity contribution is 5.81. The molecule has 2 saturated heterocycles. The summed E-state index contributed by atoms with van der Waals surface area (Å²) in [6.45, 7) is 3.23. The van der Waals surface area contributed by atoms with Crippen molar-refractivity contribution in [2.75, 3.05) is 13.2 Å². The Kier molecular flexibility index (Phi) is 3.75. The summed E-state index contributed by atoms with van der Waals surface area (Å²) in [6, 6.07) is 2.31. The van der Waals surface area contributed by atoms with Gasteiger partial charge in [-0.1, -0.05) is 0 Å². The minimum Gasteiger partial charge on any atom is -0.376 e. The van der Waals surface area contributed by atoms with Gasteiger partial charge in [0.05, 0.1) is 23.2 Å². The molecule has 1 amide bonds. The smallest absolute Gasteiger partial charge is 0.242 e. The van der Waals surface area contributed by atoms with Crippen LogP contribution in [0.1, 0.15) is 25.1 Å². The highest BCUT2D eigenvalue weighted by atomic mass is 19.2. The van der Waals surface area contributed by atoms with E-state index in [1.807, 2.05) is 4.90 Å². The van der Waals surface area contributed by atoms with Gasteiger partial charge < -0.3 is 14.2 Å². The zero-order chi connectivity index (χ0) is 16.8. The number of benzene rings is 1. The third-order valence-electron chi connectivity index (χ3n) is 5.06. The number of ether oxygens (including phenoxy) is 1. The summed E-state index contributed by atoms with van der Waals surface area (Å²) in [5.41, 5.74) is 0.802. The van der Waals surface area contributed by atoms with Gasteiger partial charge in [-0.15, -0.1) is 0 Å². The van der Waals surface area contributed by atoms with Gasteiger partial charge in [0.25, 0.3) is 0 Å². The number of aromatic nitrogens is 2. The number of amides is 1. The zero-order valence-corrected chi connectivity index (χ0v) is 13.5. The van der Waals surface area contributed by atoms with Crippen LogP contribution in [0.25, 0.3) is 11.0 Å². The molecule has 0 spiro atoms. The van der Waals surface area contributed by atoms with E-state index in [0.29, 0.717) is 23.5 Å². The Hall–Kier alpha value is -2.02. The predicted molar refractivity (Wildman–Crippen MR) is 83.5 cm³/mol. The molecule has 2 aliphatic heterocycles. The second-order valence-electron chi connectivity index (χ2n) is 6.49. The highest BCUT2D eigenvalue weighted by Crippen LogP contribution is 2.29. The molecule has 7 heteroatoms. The summed E-state index contributed by atoms with van der Waals surface area (Å²) in [5, 5.41) is 0. The van der Waals surface area contributed by atoms with Crippen molar-refractivity contribution < 1.29 is 18.3 Å². The molecule has 24 heavy (non-hydrogen) atoms. The molecule has 0 saturated carbocycles. The summed E-state index contributed by atoms with van der Waals surface area (Å²) >= 11 is 0. The molecule has 2 fully saturated rings. The van der Waals surface area contributed by atoms with Crippen molar-refractivity contribution >= 4 is 16.9 Å². The number of aryl methyl sites for hydroxylation is 1. The van der Waals surface area contributed by atoms with Crippen LogP contribution in [0.15, 0.2) is 12.1 Å². The van der Waals surface area contributed by atoms with Crippen molar-refractivity contribution in [1.29, 1.82) is 0 Å². The molecule has 5 nitrogen and oxygen atoms in total. The topological polar surface area (TPSA) is 47.4 Å². The molecule has 0 radical (unpaired) electrons. The Morgan fingerprint density at radius 2 is 2.12 bits per heavy atom. The van der Waals surface area contributed by atoms with Crippen LogP contribution in [-0.2, 0) is 16.1 Å². The molecule has 0 bridgehead atoms. The van der Waals surface area contributed by atoms with E-state index in [1.165, 1.54) is 0 Å². The van der Waals surface area contributed by atoms with Crippen molar-refractivity contribution in [1.82, 2.24) is 14.5 Å². The minimum atomic E-state index is -0.932. The highest BCUT2D eigenvalue weighted by Gasteiger charge is 2.38. The summed E-state index contributed by atoms with van der Waals surface area (Å²) in [6.07, 6.45) is 2.91. The van der Waals surface area contributed by atoms with Gasteiger partial charge in [0, 0.05) is 25.3 Å². The van der Waals surface area contributed by atoms with Crippen LogP contribution >= 0.6 is 0 Å². The third-order valence-corrected chi connectivity index (χ3v) is 5.06. The lowest BCUT2D eigenvalue weighted by Gasteiger charge is -2.36. The molecular formula is C17H19F2N3O2. The molecule has 0 N–H and O–H groups in total. The fraction of sp³-hybridized carbons (Fsp3) is 0.529. The second kappa shape index (κ2) is 5.81. The van der Waals surface area contributed by atoms with Crippen molar-refractivity contribution in [3.8, 4) is 0 Å². The lowest BCUT2D eigenvalue weighted by Crippen LogP contribution is -2.49. The average molecular weight is 335 g/mol. The van der Waals surface area contributed by atoms with E-state index in [9.17, 15) is 13.6 Å². The third kappa shape index (κ3) is 2.47. The van der Waals surface area contributed by atoms with Crippen LogP contribution in [0, 0.1) is 18.6 Å². The molecule has 3 heterocycles. The number of likely N-dealkylation sites (tertiary alicyclic amines) is 1. The summed E-state index contributed by atoms with van der Waals surface area (Å²) < 4.78 is 34.3. The van der Waals surface area contributed by atoms with Crippen molar-refractivity contribution in [3.05, 3.63) is 29.6 Å². The first-order chi connectivity index (χ1) is 11.5. The van der Waals surface area contributed by atoms with E-state index in [0.717, 1.165) is 37.9 Å². The van der Waals surface area contributed by atoms with E-state index in [2.05, 4.69) is 4.98 Å². The molecule has 2 atom stereocenters. The summed E-state index contributed by atoms with van der Waals surface area (Å²) in [4.78, 5) is 18.9. The quantitative estimate of drug-likeness (QED) is 0.847. The van der Waals surface area contributed by atoms with Gasteiger partial charge in [0.15, 0.2) is 11.6 Å². The number of carbonyl (C=O) groups excluding carboxylic acids is 1. The van der Waals surface area contributed by atoms with Crippen molar-refractivity contribution in [2.24, 2.45) is 0 Å². The number of piperidine rings is 1. The number of nitrogens with zero attached hydrogens (tertiary/aromatic N) is 3. The number of halogens is 2. The van der Waals surface area contributed by atoms with E-state index in [1.54, 1.807) is 11.5 Å². The lowest BCUT2D eigenvalue weighted by molar-refractivity contribution is -0.137. The second-order valence-corrected chi connectivity index (χ2v) is 6.49. The molecular weight excluding hydrogens is 316 g/mol. The largest absolute Gasteiger partial charge is 0.376 e. The van der Waals surface area contributed by atoms with Crippen LogP contribution < -0.4 is 0 Å².